The highest BCUT2D eigenvalue weighted by Crippen LogP contribution is 2.24. The van der Waals surface area contributed by atoms with E-state index in [1.165, 1.54) is 11.8 Å². The van der Waals surface area contributed by atoms with Gasteiger partial charge in [-0.15, -0.1) is 11.3 Å². The molecular weight excluding hydrogens is 326 g/mol. The zero-order valence-electron chi connectivity index (χ0n) is 12.5. The maximum absolute atomic E-state index is 12.1. The van der Waals surface area contributed by atoms with Crippen LogP contribution in [-0.4, -0.2) is 21.6 Å². The average molecular weight is 341 g/mol. The number of carbonyl (C=O) groups excluding carboxylic acids is 1. The van der Waals surface area contributed by atoms with Crippen molar-refractivity contribution >= 4 is 34.7 Å². The normalized spacial score (nSPS) is 10.5. The van der Waals surface area contributed by atoms with Gasteiger partial charge in [0.25, 0.3) is 0 Å². The number of rotatable bonds is 5. The number of amides is 1. The van der Waals surface area contributed by atoms with Gasteiger partial charge in [-0.05, 0) is 36.1 Å². The Morgan fingerprint density at radius 3 is 2.87 bits per heavy atom. The van der Waals surface area contributed by atoms with E-state index >= 15 is 0 Å². The van der Waals surface area contributed by atoms with Crippen LogP contribution in [0.15, 0.2) is 59.2 Å². The van der Waals surface area contributed by atoms with Gasteiger partial charge in [0.05, 0.1) is 16.3 Å². The summed E-state index contributed by atoms with van der Waals surface area (Å²) in [6.07, 6.45) is 1.73. The maximum Gasteiger partial charge on any atom is 0.234 e. The molecule has 23 heavy (non-hydrogen) atoms. The molecule has 1 amide bonds. The third-order valence-electron chi connectivity index (χ3n) is 3.16. The molecular formula is C17H15N3OS2. The molecule has 4 nitrogen and oxygen atoms in total. The molecule has 0 aliphatic rings. The summed E-state index contributed by atoms with van der Waals surface area (Å²) in [5.41, 5.74) is 2.77. The highest BCUT2D eigenvalue weighted by molar-refractivity contribution is 7.99. The molecule has 3 rings (SSSR count). The molecule has 0 saturated heterocycles. The summed E-state index contributed by atoms with van der Waals surface area (Å²) in [6.45, 7) is 1.97. The van der Waals surface area contributed by atoms with E-state index in [1.54, 1.807) is 17.5 Å². The van der Waals surface area contributed by atoms with Gasteiger partial charge in [-0.1, -0.05) is 36.0 Å². The largest absolute Gasteiger partial charge is 0.325 e. The van der Waals surface area contributed by atoms with Crippen molar-refractivity contribution in [1.29, 1.82) is 0 Å². The third kappa shape index (κ3) is 4.18. The van der Waals surface area contributed by atoms with Crippen molar-refractivity contribution in [2.24, 2.45) is 0 Å². The fourth-order valence-corrected chi connectivity index (χ4v) is 3.33. The fourth-order valence-electron chi connectivity index (χ4n) is 2.00. The van der Waals surface area contributed by atoms with Crippen LogP contribution in [0.4, 0.5) is 5.69 Å². The molecule has 1 aromatic carbocycles. The van der Waals surface area contributed by atoms with E-state index in [2.05, 4.69) is 15.3 Å². The van der Waals surface area contributed by atoms with E-state index in [1.807, 2.05) is 54.8 Å². The van der Waals surface area contributed by atoms with Crippen LogP contribution < -0.4 is 5.32 Å². The first-order chi connectivity index (χ1) is 11.2. The number of benzene rings is 1. The van der Waals surface area contributed by atoms with Crippen LogP contribution in [0, 0.1) is 6.92 Å². The van der Waals surface area contributed by atoms with Crippen LogP contribution in [0.25, 0.3) is 10.6 Å². The number of para-hydroxylation sites is 1. The Kier molecular flexibility index (Phi) is 5.05. The van der Waals surface area contributed by atoms with Gasteiger partial charge in [0, 0.05) is 11.9 Å². The van der Waals surface area contributed by atoms with E-state index in [0.717, 1.165) is 21.8 Å². The summed E-state index contributed by atoms with van der Waals surface area (Å²) in [5.74, 6) is 0.219. The summed E-state index contributed by atoms with van der Waals surface area (Å²) in [5, 5.41) is 5.53. The zero-order chi connectivity index (χ0) is 16.1. The first-order valence-electron chi connectivity index (χ1n) is 7.07. The van der Waals surface area contributed by atoms with Crippen LogP contribution in [0.3, 0.4) is 0 Å². The van der Waals surface area contributed by atoms with Gasteiger partial charge >= 0.3 is 0 Å². The second-order valence-corrected chi connectivity index (χ2v) is 6.74. The van der Waals surface area contributed by atoms with Gasteiger partial charge in [-0.25, -0.2) is 9.97 Å². The van der Waals surface area contributed by atoms with Crippen LogP contribution in [0.5, 0.6) is 0 Å². The summed E-state index contributed by atoms with van der Waals surface area (Å²) in [7, 11) is 0. The number of aromatic nitrogens is 2. The summed E-state index contributed by atoms with van der Waals surface area (Å²) >= 11 is 2.97. The Morgan fingerprint density at radius 2 is 2.09 bits per heavy atom. The highest BCUT2D eigenvalue weighted by Gasteiger charge is 2.08. The van der Waals surface area contributed by atoms with Crippen molar-refractivity contribution in [3.05, 3.63) is 59.6 Å². The van der Waals surface area contributed by atoms with Crippen molar-refractivity contribution in [3.63, 3.8) is 0 Å². The van der Waals surface area contributed by atoms with Crippen LogP contribution >= 0.6 is 23.1 Å². The Labute approximate surface area is 143 Å². The minimum atomic E-state index is -0.0607. The molecule has 1 N–H and O–H groups in total. The third-order valence-corrected chi connectivity index (χ3v) is 4.91. The molecule has 0 saturated carbocycles. The topological polar surface area (TPSA) is 54.9 Å². The Bertz CT molecular complexity index is 803. The molecule has 6 heteroatoms. The lowest BCUT2D eigenvalue weighted by Crippen LogP contribution is -2.15. The first kappa shape index (κ1) is 15.7. The average Bonchev–Trinajstić information content (AvgIpc) is 3.10. The number of hydrogen-bond acceptors (Lipinski definition) is 5. The SMILES string of the molecule is Cc1ccccc1NC(=O)CSc1nccc(-c2cccs2)n1. The van der Waals surface area contributed by atoms with Gasteiger partial charge in [0.2, 0.25) is 5.91 Å². The fraction of sp³-hybridized carbons (Fsp3) is 0.118. The molecule has 0 atom stereocenters. The van der Waals surface area contributed by atoms with E-state index < -0.39 is 0 Å². The number of nitrogens with one attached hydrogen (secondary N) is 1. The summed E-state index contributed by atoms with van der Waals surface area (Å²) < 4.78 is 0. The lowest BCUT2D eigenvalue weighted by Gasteiger charge is -2.07. The number of hydrogen-bond donors (Lipinski definition) is 1. The minimum Gasteiger partial charge on any atom is -0.325 e. The highest BCUT2D eigenvalue weighted by atomic mass is 32.2. The van der Waals surface area contributed by atoms with Crippen LogP contribution in [0.1, 0.15) is 5.56 Å². The van der Waals surface area contributed by atoms with Crippen molar-refractivity contribution in [2.75, 3.05) is 11.1 Å². The second-order valence-electron chi connectivity index (χ2n) is 4.85. The second kappa shape index (κ2) is 7.39. The molecule has 3 aromatic rings. The quantitative estimate of drug-likeness (QED) is 0.557. The molecule has 116 valence electrons. The number of anilines is 1. The molecule has 2 heterocycles. The zero-order valence-corrected chi connectivity index (χ0v) is 14.2. The minimum absolute atomic E-state index is 0.0607. The molecule has 0 spiro atoms. The summed E-state index contributed by atoms with van der Waals surface area (Å²) in [6, 6.07) is 13.6. The van der Waals surface area contributed by atoms with E-state index in [9.17, 15) is 4.79 Å². The van der Waals surface area contributed by atoms with Gasteiger partial charge in [-0.2, -0.15) is 0 Å². The molecule has 0 radical (unpaired) electrons. The van der Waals surface area contributed by atoms with Gasteiger partial charge < -0.3 is 5.32 Å². The lowest BCUT2D eigenvalue weighted by atomic mass is 10.2. The van der Waals surface area contributed by atoms with Crippen LogP contribution in [0.2, 0.25) is 0 Å². The van der Waals surface area contributed by atoms with Crippen LogP contribution in [-0.2, 0) is 4.79 Å². The van der Waals surface area contributed by atoms with Crippen molar-refractivity contribution < 1.29 is 4.79 Å². The predicted molar refractivity (Wildman–Crippen MR) is 95.9 cm³/mol. The van der Waals surface area contributed by atoms with Gasteiger partial charge in [0.1, 0.15) is 0 Å². The standard InChI is InChI=1S/C17H15N3OS2/c1-12-5-2-3-6-13(12)19-16(21)11-23-17-18-9-8-14(20-17)15-7-4-10-22-15/h2-10H,11H2,1H3,(H,19,21). The monoisotopic (exact) mass is 341 g/mol. The van der Waals surface area contributed by atoms with E-state index in [0.29, 0.717) is 5.16 Å². The van der Waals surface area contributed by atoms with Crippen molar-refractivity contribution in [2.45, 2.75) is 12.1 Å². The number of aryl methyl sites for hydroxylation is 1. The summed E-state index contributed by atoms with van der Waals surface area (Å²) in [4.78, 5) is 21.9. The van der Waals surface area contributed by atoms with Gasteiger partial charge in [-0.3, -0.25) is 4.79 Å². The number of thioether (sulfide) groups is 1. The molecule has 0 aliphatic heterocycles. The Balaban J connectivity index is 1.61. The van der Waals surface area contributed by atoms with Gasteiger partial charge in [0.15, 0.2) is 5.16 Å². The molecule has 0 aliphatic carbocycles. The number of thiophene rings is 1. The Morgan fingerprint density at radius 1 is 1.22 bits per heavy atom. The molecule has 2 aromatic heterocycles. The number of nitrogens with zero attached hydrogens (tertiary/aromatic N) is 2. The van der Waals surface area contributed by atoms with E-state index in [4.69, 9.17) is 0 Å². The Hall–Kier alpha value is -2.18. The lowest BCUT2D eigenvalue weighted by molar-refractivity contribution is -0.113. The smallest absolute Gasteiger partial charge is 0.234 e. The number of carbonyl (C=O) groups is 1. The van der Waals surface area contributed by atoms with Crippen molar-refractivity contribution in [1.82, 2.24) is 9.97 Å². The van der Waals surface area contributed by atoms with Crippen molar-refractivity contribution in [3.8, 4) is 10.6 Å². The molecule has 0 fully saturated rings. The predicted octanol–water partition coefficient (Wildman–Crippen LogP) is 4.24. The van der Waals surface area contributed by atoms with E-state index in [-0.39, 0.29) is 11.7 Å². The molecule has 0 bridgehead atoms. The maximum atomic E-state index is 12.1. The first-order valence-corrected chi connectivity index (χ1v) is 8.94. The molecule has 0 unspecified atom stereocenters.